The number of carbonyl (C=O) groups is 2. The number of aliphatic imine (C=N–C) groups is 1. The maximum absolute atomic E-state index is 12.0. The normalized spacial score (nSPS) is 14.5. The lowest BCUT2D eigenvalue weighted by atomic mass is 10.0. The molecule has 3 rings (SSSR count). The molecular formula is C17H16N2O4. The summed E-state index contributed by atoms with van der Waals surface area (Å²) in [5.41, 5.74) is 3.82. The molecule has 0 radical (unpaired) electrons. The summed E-state index contributed by atoms with van der Waals surface area (Å²) in [6, 6.07) is 1.78. The van der Waals surface area contributed by atoms with Crippen molar-refractivity contribution in [2.45, 2.75) is 20.8 Å². The molecule has 0 bridgehead atoms. The van der Waals surface area contributed by atoms with Crippen LogP contribution in [0.5, 0.6) is 0 Å². The van der Waals surface area contributed by atoms with Crippen LogP contribution in [0.15, 0.2) is 21.7 Å². The van der Waals surface area contributed by atoms with E-state index in [9.17, 15) is 9.59 Å². The molecule has 0 aromatic heterocycles. The Morgan fingerprint density at radius 2 is 1.91 bits per heavy atom. The average molecular weight is 312 g/mol. The van der Waals surface area contributed by atoms with Crippen molar-refractivity contribution < 1.29 is 19.1 Å². The SMILES string of the molecule is CCOC(=O)C1=Nc2cc3c(c(C)c2=C1C)C=C(C(=O)OC)N=3. The predicted molar refractivity (Wildman–Crippen MR) is 84.8 cm³/mol. The Morgan fingerprint density at radius 1 is 1.17 bits per heavy atom. The summed E-state index contributed by atoms with van der Waals surface area (Å²) in [5.74, 6) is -0.902. The van der Waals surface area contributed by atoms with Crippen LogP contribution in [0.3, 0.4) is 0 Å². The summed E-state index contributed by atoms with van der Waals surface area (Å²) in [7, 11) is 1.32. The number of esters is 2. The van der Waals surface area contributed by atoms with Crippen LogP contribution < -0.4 is 10.6 Å². The molecule has 0 saturated heterocycles. The first-order chi connectivity index (χ1) is 11.0. The van der Waals surface area contributed by atoms with Crippen molar-refractivity contribution in [3.63, 3.8) is 0 Å². The van der Waals surface area contributed by atoms with Crippen molar-refractivity contribution in [3.8, 4) is 0 Å². The highest BCUT2D eigenvalue weighted by atomic mass is 16.5. The van der Waals surface area contributed by atoms with E-state index in [1.54, 1.807) is 19.1 Å². The predicted octanol–water partition coefficient (Wildman–Crippen LogP) is 0.962. The molecule has 118 valence electrons. The van der Waals surface area contributed by atoms with E-state index in [2.05, 4.69) is 9.98 Å². The van der Waals surface area contributed by atoms with Crippen molar-refractivity contribution in [3.05, 3.63) is 33.5 Å². The van der Waals surface area contributed by atoms with Gasteiger partial charge in [0.25, 0.3) is 0 Å². The molecule has 0 unspecified atom stereocenters. The fourth-order valence-electron chi connectivity index (χ4n) is 2.86. The molecule has 2 aliphatic rings. The van der Waals surface area contributed by atoms with Gasteiger partial charge in [0.15, 0.2) is 5.71 Å². The molecule has 0 saturated carbocycles. The summed E-state index contributed by atoms with van der Waals surface area (Å²) in [6.45, 7) is 5.83. The van der Waals surface area contributed by atoms with Gasteiger partial charge in [-0.1, -0.05) is 0 Å². The van der Waals surface area contributed by atoms with Gasteiger partial charge in [0.05, 0.1) is 24.8 Å². The largest absolute Gasteiger partial charge is 0.464 e. The summed E-state index contributed by atoms with van der Waals surface area (Å²) < 4.78 is 9.75. The number of ether oxygens (including phenoxy) is 2. The molecule has 23 heavy (non-hydrogen) atoms. The van der Waals surface area contributed by atoms with Crippen LogP contribution >= 0.6 is 0 Å². The average Bonchev–Trinajstić information content (AvgIpc) is 3.09. The van der Waals surface area contributed by atoms with Gasteiger partial charge >= 0.3 is 11.9 Å². The summed E-state index contributed by atoms with van der Waals surface area (Å²) >= 11 is 0. The van der Waals surface area contributed by atoms with Crippen LogP contribution in [0.25, 0.3) is 11.6 Å². The van der Waals surface area contributed by atoms with Gasteiger partial charge in [-0.05, 0) is 44.1 Å². The van der Waals surface area contributed by atoms with E-state index in [0.29, 0.717) is 23.4 Å². The van der Waals surface area contributed by atoms with Gasteiger partial charge in [-0.15, -0.1) is 0 Å². The summed E-state index contributed by atoms with van der Waals surface area (Å²) in [4.78, 5) is 32.3. The minimum atomic E-state index is -0.475. The van der Waals surface area contributed by atoms with Gasteiger partial charge in [-0.25, -0.2) is 19.6 Å². The van der Waals surface area contributed by atoms with E-state index in [1.807, 2.05) is 13.8 Å². The molecule has 1 aromatic carbocycles. The van der Waals surface area contributed by atoms with Gasteiger partial charge < -0.3 is 9.47 Å². The number of hydrogen-bond acceptors (Lipinski definition) is 6. The molecule has 2 heterocycles. The summed E-state index contributed by atoms with van der Waals surface area (Å²) in [6.07, 6.45) is 1.70. The van der Waals surface area contributed by atoms with E-state index in [1.165, 1.54) is 7.11 Å². The van der Waals surface area contributed by atoms with Crippen LogP contribution in [-0.2, 0) is 19.1 Å². The Hall–Kier alpha value is -2.76. The Labute approximate surface area is 132 Å². The lowest BCUT2D eigenvalue weighted by Crippen LogP contribution is -2.21. The number of methoxy groups -OCH3 is 1. The van der Waals surface area contributed by atoms with Gasteiger partial charge in [-0.3, -0.25) is 0 Å². The molecule has 0 atom stereocenters. The lowest BCUT2D eigenvalue weighted by molar-refractivity contribution is -0.136. The molecule has 0 fully saturated rings. The minimum Gasteiger partial charge on any atom is -0.464 e. The second-order valence-corrected chi connectivity index (χ2v) is 5.27. The molecule has 0 amide bonds. The van der Waals surface area contributed by atoms with Crippen LogP contribution in [-0.4, -0.2) is 31.4 Å². The maximum Gasteiger partial charge on any atom is 0.357 e. The molecule has 6 heteroatoms. The number of nitrogens with zero attached hydrogens (tertiary/aromatic N) is 2. The second kappa shape index (κ2) is 5.46. The van der Waals surface area contributed by atoms with Crippen molar-refractivity contribution in [2.75, 3.05) is 13.7 Å². The first-order valence-electron chi connectivity index (χ1n) is 7.27. The minimum absolute atomic E-state index is 0.265. The van der Waals surface area contributed by atoms with Gasteiger partial charge in [-0.2, -0.15) is 0 Å². The molecular weight excluding hydrogens is 296 g/mol. The van der Waals surface area contributed by atoms with Crippen LogP contribution in [0.4, 0.5) is 5.69 Å². The van der Waals surface area contributed by atoms with Crippen molar-refractivity contribution in [2.24, 2.45) is 9.98 Å². The third-order valence-electron chi connectivity index (χ3n) is 3.93. The molecule has 0 spiro atoms. The quantitative estimate of drug-likeness (QED) is 0.779. The Bertz CT molecular complexity index is 923. The zero-order valence-corrected chi connectivity index (χ0v) is 13.4. The van der Waals surface area contributed by atoms with Crippen molar-refractivity contribution >= 4 is 35.0 Å². The van der Waals surface area contributed by atoms with Gasteiger partial charge in [0.2, 0.25) is 0 Å². The van der Waals surface area contributed by atoms with E-state index < -0.39 is 11.9 Å². The van der Waals surface area contributed by atoms with Crippen LogP contribution in [0.1, 0.15) is 25.0 Å². The maximum atomic E-state index is 12.0. The first kappa shape index (κ1) is 15.1. The van der Waals surface area contributed by atoms with E-state index in [4.69, 9.17) is 9.47 Å². The number of carbonyl (C=O) groups excluding carboxylic acids is 2. The van der Waals surface area contributed by atoms with Crippen molar-refractivity contribution in [1.82, 2.24) is 0 Å². The third kappa shape index (κ3) is 2.27. The fraction of sp³-hybridized carbons (Fsp3) is 0.294. The van der Waals surface area contributed by atoms with E-state index >= 15 is 0 Å². The molecule has 1 aromatic rings. The Morgan fingerprint density at radius 3 is 2.57 bits per heavy atom. The topological polar surface area (TPSA) is 77.3 Å². The molecule has 2 aliphatic heterocycles. The number of benzene rings is 1. The fourth-order valence-corrected chi connectivity index (χ4v) is 2.86. The monoisotopic (exact) mass is 312 g/mol. The highest BCUT2D eigenvalue weighted by Gasteiger charge is 2.25. The number of rotatable bonds is 3. The van der Waals surface area contributed by atoms with E-state index in [0.717, 1.165) is 21.9 Å². The lowest BCUT2D eigenvalue weighted by Gasteiger charge is -2.02. The highest BCUT2D eigenvalue weighted by Crippen LogP contribution is 2.22. The standard InChI is InChI=1S/C17H16N2O4/c1-5-23-17(21)15-9(3)14-8(2)10-6-13(16(20)22-4)18-11(10)7-12(14)19-15/h6-7H,5H2,1-4H3. The number of hydrogen-bond donors (Lipinski definition) is 0. The second-order valence-electron chi connectivity index (χ2n) is 5.27. The zero-order valence-electron chi connectivity index (χ0n) is 13.4. The van der Waals surface area contributed by atoms with E-state index in [-0.39, 0.29) is 5.70 Å². The smallest absolute Gasteiger partial charge is 0.357 e. The molecule has 6 nitrogen and oxygen atoms in total. The molecule has 0 aliphatic carbocycles. The number of fused-ring (bicyclic) bond motifs is 2. The first-order valence-corrected chi connectivity index (χ1v) is 7.27. The molecule has 0 N–H and O–H groups in total. The van der Waals surface area contributed by atoms with Gasteiger partial charge in [0.1, 0.15) is 5.70 Å². The van der Waals surface area contributed by atoms with Crippen LogP contribution in [0, 0.1) is 6.92 Å². The highest BCUT2D eigenvalue weighted by molar-refractivity contribution is 6.53. The van der Waals surface area contributed by atoms with Crippen LogP contribution in [0.2, 0.25) is 0 Å². The Kier molecular flexibility index (Phi) is 3.60. The summed E-state index contributed by atoms with van der Waals surface area (Å²) in [5, 5.41) is 1.55. The zero-order chi connectivity index (χ0) is 16.7. The van der Waals surface area contributed by atoms with Gasteiger partial charge in [0, 0.05) is 10.8 Å². The van der Waals surface area contributed by atoms with Crippen molar-refractivity contribution in [1.29, 1.82) is 0 Å². The third-order valence-corrected chi connectivity index (χ3v) is 3.93. The Balaban J connectivity index is 2.16.